The molecule has 0 aliphatic rings. The van der Waals surface area contributed by atoms with Crippen LogP contribution in [0.4, 0.5) is 5.69 Å². The molecule has 1 atom stereocenters. The van der Waals surface area contributed by atoms with E-state index in [2.05, 4.69) is 5.32 Å². The second-order valence-corrected chi connectivity index (χ2v) is 5.37. The molecule has 0 heterocycles. The van der Waals surface area contributed by atoms with Gasteiger partial charge < -0.3 is 20.5 Å². The summed E-state index contributed by atoms with van der Waals surface area (Å²) in [5.41, 5.74) is 7.57. The van der Waals surface area contributed by atoms with Gasteiger partial charge in [-0.1, -0.05) is 0 Å². The van der Waals surface area contributed by atoms with Crippen LogP contribution in [0.15, 0.2) is 18.2 Å². The van der Waals surface area contributed by atoms with Gasteiger partial charge in [0, 0.05) is 19.4 Å². The first-order valence-corrected chi connectivity index (χ1v) is 7.26. The summed E-state index contributed by atoms with van der Waals surface area (Å²) >= 11 is 0. The van der Waals surface area contributed by atoms with Gasteiger partial charge in [-0.05, 0) is 57.4 Å². The summed E-state index contributed by atoms with van der Waals surface area (Å²) in [6.45, 7) is 6.49. The van der Waals surface area contributed by atoms with Gasteiger partial charge in [0.1, 0.15) is 5.75 Å². The zero-order chi connectivity index (χ0) is 15.8. The third-order valence-corrected chi connectivity index (χ3v) is 3.03. The fourth-order valence-corrected chi connectivity index (χ4v) is 1.93. The molecule has 1 aromatic rings. The van der Waals surface area contributed by atoms with Crippen molar-refractivity contribution in [1.82, 2.24) is 0 Å². The molecular weight excluding hydrogens is 268 g/mol. The smallest absolute Gasteiger partial charge is 0.241 e. The highest BCUT2D eigenvalue weighted by Crippen LogP contribution is 2.22. The number of nitrogens with one attached hydrogen (secondary N) is 1. The van der Waals surface area contributed by atoms with E-state index >= 15 is 0 Å². The van der Waals surface area contributed by atoms with Crippen molar-refractivity contribution in [1.29, 1.82) is 0 Å². The summed E-state index contributed by atoms with van der Waals surface area (Å²) in [7, 11) is 1.63. The van der Waals surface area contributed by atoms with Crippen molar-refractivity contribution in [2.75, 3.05) is 19.0 Å². The first-order chi connectivity index (χ1) is 9.93. The first kappa shape index (κ1) is 17.5. The number of methoxy groups -OCH3 is 1. The highest BCUT2D eigenvalue weighted by Gasteiger charge is 2.14. The zero-order valence-corrected chi connectivity index (χ0v) is 13.3. The number of hydrogen-bond donors (Lipinski definition) is 2. The largest absolute Gasteiger partial charge is 0.491 e. The van der Waals surface area contributed by atoms with Gasteiger partial charge >= 0.3 is 0 Å². The summed E-state index contributed by atoms with van der Waals surface area (Å²) in [4.78, 5) is 12.0. The maximum atomic E-state index is 12.0. The Kier molecular flexibility index (Phi) is 7.19. The van der Waals surface area contributed by atoms with Crippen LogP contribution in [0, 0.1) is 6.92 Å². The molecule has 21 heavy (non-hydrogen) atoms. The van der Waals surface area contributed by atoms with Crippen LogP contribution in [-0.4, -0.2) is 31.8 Å². The van der Waals surface area contributed by atoms with Crippen LogP contribution in [-0.2, 0) is 9.53 Å². The van der Waals surface area contributed by atoms with E-state index in [-0.39, 0.29) is 12.0 Å². The van der Waals surface area contributed by atoms with Crippen LogP contribution in [0.5, 0.6) is 5.75 Å². The van der Waals surface area contributed by atoms with Crippen molar-refractivity contribution in [2.24, 2.45) is 5.73 Å². The number of amides is 1. The van der Waals surface area contributed by atoms with Crippen LogP contribution in [0.3, 0.4) is 0 Å². The molecule has 0 aliphatic carbocycles. The van der Waals surface area contributed by atoms with Gasteiger partial charge in [-0.3, -0.25) is 4.79 Å². The van der Waals surface area contributed by atoms with Gasteiger partial charge in [-0.25, -0.2) is 0 Å². The highest BCUT2D eigenvalue weighted by molar-refractivity contribution is 5.95. The van der Waals surface area contributed by atoms with Gasteiger partial charge in [-0.15, -0.1) is 0 Å². The number of nitrogens with two attached hydrogens (primary N) is 1. The first-order valence-electron chi connectivity index (χ1n) is 7.26. The van der Waals surface area contributed by atoms with Crippen LogP contribution in [0.2, 0.25) is 0 Å². The van der Waals surface area contributed by atoms with Crippen LogP contribution >= 0.6 is 0 Å². The second-order valence-electron chi connectivity index (χ2n) is 5.37. The Morgan fingerprint density at radius 1 is 1.38 bits per heavy atom. The van der Waals surface area contributed by atoms with Crippen molar-refractivity contribution >= 4 is 11.6 Å². The van der Waals surface area contributed by atoms with Crippen LogP contribution < -0.4 is 15.8 Å². The quantitative estimate of drug-likeness (QED) is 0.722. The molecule has 5 heteroatoms. The SMILES string of the molecule is COCCCC(N)C(=O)Nc1ccc(OC(C)C)cc1C. The molecule has 0 fully saturated rings. The standard InChI is InChI=1S/C16H26N2O3/c1-11(2)21-13-7-8-15(12(3)10-13)18-16(19)14(17)6-5-9-20-4/h7-8,10-11,14H,5-6,9,17H2,1-4H3,(H,18,19). The maximum Gasteiger partial charge on any atom is 0.241 e. The third-order valence-electron chi connectivity index (χ3n) is 3.03. The lowest BCUT2D eigenvalue weighted by Gasteiger charge is -2.15. The minimum Gasteiger partial charge on any atom is -0.491 e. The molecule has 5 nitrogen and oxygen atoms in total. The van der Waals surface area contributed by atoms with E-state index in [0.29, 0.717) is 13.0 Å². The minimum absolute atomic E-state index is 0.124. The lowest BCUT2D eigenvalue weighted by atomic mass is 10.1. The molecule has 1 aromatic carbocycles. The average molecular weight is 294 g/mol. The third kappa shape index (κ3) is 6.14. The highest BCUT2D eigenvalue weighted by atomic mass is 16.5. The van der Waals surface area contributed by atoms with Crippen LogP contribution in [0.1, 0.15) is 32.3 Å². The van der Waals surface area contributed by atoms with E-state index < -0.39 is 6.04 Å². The lowest BCUT2D eigenvalue weighted by molar-refractivity contribution is -0.117. The Morgan fingerprint density at radius 2 is 2.10 bits per heavy atom. The number of hydrogen-bond acceptors (Lipinski definition) is 4. The summed E-state index contributed by atoms with van der Waals surface area (Å²) < 4.78 is 10.6. The Morgan fingerprint density at radius 3 is 2.67 bits per heavy atom. The molecule has 1 unspecified atom stereocenters. The van der Waals surface area contributed by atoms with Crippen molar-refractivity contribution in [3.63, 3.8) is 0 Å². The summed E-state index contributed by atoms with van der Waals surface area (Å²) in [5.74, 6) is 0.622. The van der Waals surface area contributed by atoms with E-state index in [9.17, 15) is 4.79 Å². The minimum atomic E-state index is -0.522. The van der Waals surface area contributed by atoms with Crippen molar-refractivity contribution in [2.45, 2.75) is 45.8 Å². The van der Waals surface area contributed by atoms with E-state index in [4.69, 9.17) is 15.2 Å². The molecule has 0 aromatic heterocycles. The normalized spacial score (nSPS) is 12.3. The Hall–Kier alpha value is -1.59. The molecule has 3 N–H and O–H groups in total. The van der Waals surface area contributed by atoms with Gasteiger partial charge in [0.05, 0.1) is 12.1 Å². The van der Waals surface area contributed by atoms with Gasteiger partial charge in [-0.2, -0.15) is 0 Å². The summed E-state index contributed by atoms with van der Waals surface area (Å²) in [6.07, 6.45) is 1.50. The van der Waals surface area contributed by atoms with Gasteiger partial charge in [0.2, 0.25) is 5.91 Å². The Bertz CT molecular complexity index is 461. The number of benzene rings is 1. The van der Waals surface area contributed by atoms with Gasteiger partial charge in [0.25, 0.3) is 0 Å². The Labute approximate surface area is 126 Å². The maximum absolute atomic E-state index is 12.0. The molecule has 0 saturated carbocycles. The molecule has 0 bridgehead atoms. The molecule has 0 saturated heterocycles. The van der Waals surface area contributed by atoms with Crippen molar-refractivity contribution < 1.29 is 14.3 Å². The molecule has 118 valence electrons. The monoisotopic (exact) mass is 294 g/mol. The number of ether oxygens (including phenoxy) is 2. The second kappa shape index (κ2) is 8.64. The molecule has 0 spiro atoms. The van der Waals surface area contributed by atoms with E-state index in [0.717, 1.165) is 23.4 Å². The predicted octanol–water partition coefficient (Wildman–Crippen LogP) is 2.47. The average Bonchev–Trinajstić information content (AvgIpc) is 2.41. The van der Waals surface area contributed by atoms with Gasteiger partial charge in [0.15, 0.2) is 0 Å². The zero-order valence-electron chi connectivity index (χ0n) is 13.3. The van der Waals surface area contributed by atoms with E-state index in [1.165, 1.54) is 0 Å². The number of anilines is 1. The molecule has 0 radical (unpaired) electrons. The van der Waals surface area contributed by atoms with Crippen LogP contribution in [0.25, 0.3) is 0 Å². The fourth-order valence-electron chi connectivity index (χ4n) is 1.93. The molecular formula is C16H26N2O3. The van der Waals surface area contributed by atoms with Crippen molar-refractivity contribution in [3.05, 3.63) is 23.8 Å². The predicted molar refractivity (Wildman–Crippen MR) is 84.7 cm³/mol. The number of aryl methyl sites for hydroxylation is 1. The number of carbonyl (C=O) groups excluding carboxylic acids is 1. The Balaban J connectivity index is 2.59. The topological polar surface area (TPSA) is 73.6 Å². The fraction of sp³-hybridized carbons (Fsp3) is 0.562. The molecule has 1 amide bonds. The number of carbonyl (C=O) groups is 1. The number of rotatable bonds is 8. The summed E-state index contributed by atoms with van der Waals surface area (Å²) in [6, 6.07) is 5.07. The lowest BCUT2D eigenvalue weighted by Crippen LogP contribution is -2.35. The van der Waals surface area contributed by atoms with E-state index in [1.807, 2.05) is 39.0 Å². The van der Waals surface area contributed by atoms with Crippen molar-refractivity contribution in [3.8, 4) is 5.75 Å². The molecule has 1 rings (SSSR count). The summed E-state index contributed by atoms with van der Waals surface area (Å²) in [5, 5.41) is 2.86. The molecule has 0 aliphatic heterocycles. The van der Waals surface area contributed by atoms with E-state index in [1.54, 1.807) is 7.11 Å².